The van der Waals surface area contributed by atoms with Crippen molar-refractivity contribution in [3.05, 3.63) is 76.6 Å². The van der Waals surface area contributed by atoms with Gasteiger partial charge >= 0.3 is 34.5 Å². The molecule has 0 saturated carbocycles. The Kier molecular flexibility index (Phi) is 10.0. The Morgan fingerprint density at radius 1 is 0.760 bits per heavy atom. The van der Waals surface area contributed by atoms with Gasteiger partial charge < -0.3 is 0 Å². The van der Waals surface area contributed by atoms with Crippen molar-refractivity contribution in [1.82, 2.24) is 9.97 Å². The third kappa shape index (κ3) is 6.58. The Labute approximate surface area is 166 Å². The Hall–Kier alpha value is -1.15. The number of pyridine rings is 2. The Morgan fingerprint density at radius 3 is 1.32 bits per heavy atom. The summed E-state index contributed by atoms with van der Waals surface area (Å²) < 4.78 is 0. The van der Waals surface area contributed by atoms with Crippen LogP contribution in [0.2, 0.25) is 0 Å². The van der Waals surface area contributed by atoms with Crippen molar-refractivity contribution in [2.24, 2.45) is 0 Å². The van der Waals surface area contributed by atoms with Crippen molar-refractivity contribution in [1.29, 1.82) is 0 Å². The minimum absolute atomic E-state index is 0.346. The van der Waals surface area contributed by atoms with E-state index in [1.165, 1.54) is 27.8 Å². The fourth-order valence-electron chi connectivity index (χ4n) is 2.43. The van der Waals surface area contributed by atoms with Crippen molar-refractivity contribution < 1.29 is 15.1 Å². The summed E-state index contributed by atoms with van der Waals surface area (Å²) in [5.74, 6) is 0. The van der Waals surface area contributed by atoms with E-state index in [1.807, 2.05) is 36.4 Å². The third-order valence-electron chi connectivity index (χ3n) is 4.40. The molecule has 0 saturated heterocycles. The first kappa shape index (κ1) is 21.9. The first-order chi connectivity index (χ1) is 11.9. The predicted octanol–water partition coefficient (Wildman–Crippen LogP) is 6.47. The molecule has 0 amide bonds. The van der Waals surface area contributed by atoms with Crippen molar-refractivity contribution in [3.63, 3.8) is 0 Å². The van der Waals surface area contributed by atoms with E-state index in [9.17, 15) is 0 Å². The molecule has 0 N–H and O–H groups in total. The first-order valence-corrected chi connectivity index (χ1v) is 12.3. The molecule has 2 nitrogen and oxygen atoms in total. The minimum Gasteiger partial charge on any atom is -0.255 e. The van der Waals surface area contributed by atoms with Crippen LogP contribution in [-0.2, 0) is 15.1 Å². The molecule has 2 aromatic heterocycles. The average molecular weight is 463 g/mol. The fourth-order valence-corrected chi connectivity index (χ4v) is 2.43. The number of aromatic nitrogens is 2. The minimum atomic E-state index is -0.346. The molecule has 0 spiro atoms. The summed E-state index contributed by atoms with van der Waals surface area (Å²) >= 11 is -0.346. The van der Waals surface area contributed by atoms with Crippen molar-refractivity contribution in [2.75, 3.05) is 0 Å². The summed E-state index contributed by atoms with van der Waals surface area (Å²) in [7, 11) is 9.71. The van der Waals surface area contributed by atoms with Crippen LogP contribution >= 0.6 is 19.4 Å². The Balaban J connectivity index is 0.000000220. The second-order valence-corrected chi connectivity index (χ2v) is 8.24. The van der Waals surface area contributed by atoms with E-state index >= 15 is 0 Å². The molecule has 136 valence electrons. The second kappa shape index (κ2) is 11.5. The number of halogens is 2. The maximum atomic E-state index is 4.85. The van der Waals surface area contributed by atoms with Crippen molar-refractivity contribution >= 4 is 19.4 Å². The van der Waals surface area contributed by atoms with Crippen LogP contribution in [-0.4, -0.2) is 9.97 Å². The maximum absolute atomic E-state index is 4.85. The van der Waals surface area contributed by atoms with Gasteiger partial charge in [0.15, 0.2) is 0 Å². The molecule has 3 aromatic rings. The van der Waals surface area contributed by atoms with Crippen molar-refractivity contribution in [2.45, 2.75) is 34.6 Å². The van der Waals surface area contributed by atoms with Crippen molar-refractivity contribution in [3.8, 4) is 11.4 Å². The van der Waals surface area contributed by atoms with Crippen LogP contribution in [0.15, 0.2) is 48.8 Å². The van der Waals surface area contributed by atoms with Crippen LogP contribution in [0.3, 0.4) is 0 Å². The zero-order valence-corrected chi connectivity index (χ0v) is 18.4. The molecular formula is C20H23Cl2N2Ru-. The van der Waals surface area contributed by atoms with Crippen LogP contribution in [0, 0.1) is 34.6 Å². The number of rotatable bonds is 1. The maximum Gasteiger partial charge on any atom is 0.0886 e. The molecule has 0 fully saturated rings. The molecule has 5 heteroatoms. The number of nitrogens with zero attached hydrogens (tertiary/aromatic N) is 2. The van der Waals surface area contributed by atoms with Gasteiger partial charge in [-0.15, -0.1) is 0 Å². The summed E-state index contributed by atoms with van der Waals surface area (Å²) in [6, 6.07) is 11.6. The van der Waals surface area contributed by atoms with Gasteiger partial charge in [0.05, 0.1) is 11.4 Å². The number of hydrogen-bond acceptors (Lipinski definition) is 2. The van der Waals surface area contributed by atoms with E-state index < -0.39 is 0 Å². The predicted molar refractivity (Wildman–Crippen MR) is 105 cm³/mol. The monoisotopic (exact) mass is 463 g/mol. The van der Waals surface area contributed by atoms with Crippen LogP contribution in [0.4, 0.5) is 0 Å². The summed E-state index contributed by atoms with van der Waals surface area (Å²) in [5, 5.41) is 0. The number of hydrogen-bond donors (Lipinski definition) is 0. The molecule has 0 radical (unpaired) electrons. The van der Waals surface area contributed by atoms with Crippen LogP contribution in [0.1, 0.15) is 27.8 Å². The van der Waals surface area contributed by atoms with Gasteiger partial charge in [-0.25, -0.2) is 0 Å². The normalized spacial score (nSPS) is 9.72. The molecule has 0 bridgehead atoms. The van der Waals surface area contributed by atoms with E-state index in [2.05, 4.69) is 44.6 Å². The standard InChI is InChI=1S/C10H8N2.C10H15.2ClH.Ru/c1-3-7-11-9(5-1)10-6-2-4-8-12-10;1-6-7(2)9(4)10(5)8(6)3;;;/h1-8H;1-5H3;2*1H;/q;-1;;;+2/p-2. The van der Waals surface area contributed by atoms with E-state index in [-0.39, 0.29) is 15.1 Å². The van der Waals surface area contributed by atoms with E-state index in [0.717, 1.165) is 11.4 Å². The zero-order valence-electron chi connectivity index (χ0n) is 15.1. The van der Waals surface area contributed by atoms with E-state index in [0.29, 0.717) is 0 Å². The average Bonchev–Trinajstić information content (AvgIpc) is 2.82. The van der Waals surface area contributed by atoms with Gasteiger partial charge in [-0.1, -0.05) is 46.8 Å². The van der Waals surface area contributed by atoms with Crippen LogP contribution < -0.4 is 0 Å². The Bertz CT molecular complexity index is 639. The zero-order chi connectivity index (χ0) is 18.8. The molecule has 0 unspecified atom stereocenters. The first-order valence-electron chi connectivity index (χ1n) is 7.81. The van der Waals surface area contributed by atoms with Gasteiger partial charge in [-0.3, -0.25) is 9.97 Å². The van der Waals surface area contributed by atoms with Gasteiger partial charge in [0.1, 0.15) is 0 Å². The fraction of sp³-hybridized carbons (Fsp3) is 0.250. The SMILES string of the molecule is Cc1c(C)c(C)[c-](C)c1C.[Cl][Ru][Cl].c1ccc(-c2ccccn2)nc1. The molecule has 0 aliphatic carbocycles. The molecule has 1 aromatic carbocycles. The second-order valence-electron chi connectivity index (χ2n) is 5.61. The smallest absolute Gasteiger partial charge is 0.0886 e. The summed E-state index contributed by atoms with van der Waals surface area (Å²) in [6.07, 6.45) is 3.54. The van der Waals surface area contributed by atoms with Gasteiger partial charge in [-0.2, -0.15) is 27.8 Å². The van der Waals surface area contributed by atoms with Crippen LogP contribution in [0.5, 0.6) is 0 Å². The van der Waals surface area contributed by atoms with Crippen LogP contribution in [0.25, 0.3) is 11.4 Å². The quantitative estimate of drug-likeness (QED) is 0.306. The molecular weight excluding hydrogens is 440 g/mol. The molecule has 2 heterocycles. The topological polar surface area (TPSA) is 25.8 Å². The third-order valence-corrected chi connectivity index (χ3v) is 4.40. The van der Waals surface area contributed by atoms with E-state index in [4.69, 9.17) is 19.4 Å². The van der Waals surface area contributed by atoms with Gasteiger partial charge in [0.2, 0.25) is 0 Å². The molecule has 3 rings (SSSR count). The van der Waals surface area contributed by atoms with Gasteiger partial charge in [0.25, 0.3) is 0 Å². The summed E-state index contributed by atoms with van der Waals surface area (Å²) in [6.45, 7) is 11.0. The summed E-state index contributed by atoms with van der Waals surface area (Å²) in [4.78, 5) is 8.37. The largest absolute Gasteiger partial charge is 0.255 e. The van der Waals surface area contributed by atoms with Gasteiger partial charge in [0, 0.05) is 12.4 Å². The Morgan fingerprint density at radius 2 is 1.12 bits per heavy atom. The molecule has 0 aliphatic rings. The molecule has 25 heavy (non-hydrogen) atoms. The summed E-state index contributed by atoms with van der Waals surface area (Å²) in [5.41, 5.74) is 9.17. The molecule has 0 aliphatic heterocycles. The molecule has 0 atom stereocenters. The van der Waals surface area contributed by atoms with Gasteiger partial charge in [-0.05, 0) is 24.3 Å². The van der Waals surface area contributed by atoms with E-state index in [1.54, 1.807) is 12.4 Å².